The average molecular weight is 326 g/mol. The van der Waals surface area contributed by atoms with Crippen molar-refractivity contribution < 1.29 is 4.39 Å². The Morgan fingerprint density at radius 3 is 2.79 bits per heavy atom. The Labute approximate surface area is 120 Å². The van der Waals surface area contributed by atoms with E-state index in [9.17, 15) is 4.39 Å². The minimum atomic E-state index is -0.253. The van der Waals surface area contributed by atoms with E-state index >= 15 is 0 Å². The zero-order valence-electron chi connectivity index (χ0n) is 11.0. The lowest BCUT2D eigenvalue weighted by Crippen LogP contribution is -2.18. The standard InChI is InChI=1S/C14H17BrFN3/c1-3-19-14(6-9(2)18-19)13(17)7-10-4-5-11(15)8-12(10)16/h4-6,8,13H,3,7,17H2,1-2H3. The third-order valence-corrected chi connectivity index (χ3v) is 3.56. The Balaban J connectivity index is 2.22. The Hall–Kier alpha value is -1.20. The molecule has 0 saturated heterocycles. The van der Waals surface area contributed by atoms with Gasteiger partial charge in [-0.25, -0.2) is 4.39 Å². The quantitative estimate of drug-likeness (QED) is 0.936. The van der Waals surface area contributed by atoms with Gasteiger partial charge < -0.3 is 5.73 Å². The van der Waals surface area contributed by atoms with Crippen molar-refractivity contribution in [2.45, 2.75) is 32.9 Å². The van der Waals surface area contributed by atoms with E-state index in [4.69, 9.17) is 5.73 Å². The summed E-state index contributed by atoms with van der Waals surface area (Å²) in [6.07, 6.45) is 0.463. The van der Waals surface area contributed by atoms with Crippen LogP contribution in [0.4, 0.5) is 4.39 Å². The lowest BCUT2D eigenvalue weighted by atomic mass is 10.0. The van der Waals surface area contributed by atoms with Crippen molar-refractivity contribution in [3.8, 4) is 0 Å². The molecule has 1 heterocycles. The molecule has 0 aliphatic rings. The SMILES string of the molecule is CCn1nc(C)cc1C(N)Cc1ccc(Br)cc1F. The van der Waals surface area contributed by atoms with Crippen molar-refractivity contribution in [1.29, 1.82) is 0 Å². The Bertz CT molecular complexity index is 580. The largest absolute Gasteiger partial charge is 0.322 e. The van der Waals surface area contributed by atoms with Crippen LogP contribution in [-0.2, 0) is 13.0 Å². The zero-order chi connectivity index (χ0) is 14.0. The van der Waals surface area contributed by atoms with Crippen molar-refractivity contribution in [2.75, 3.05) is 0 Å². The second kappa shape index (κ2) is 5.84. The van der Waals surface area contributed by atoms with Crippen LogP contribution >= 0.6 is 15.9 Å². The molecule has 0 radical (unpaired) electrons. The van der Waals surface area contributed by atoms with Crippen molar-refractivity contribution in [2.24, 2.45) is 5.73 Å². The molecule has 1 unspecified atom stereocenters. The summed E-state index contributed by atoms with van der Waals surface area (Å²) >= 11 is 3.25. The highest BCUT2D eigenvalue weighted by Crippen LogP contribution is 2.21. The number of aryl methyl sites for hydroxylation is 2. The molecule has 0 amide bonds. The van der Waals surface area contributed by atoms with Gasteiger partial charge >= 0.3 is 0 Å². The fourth-order valence-corrected chi connectivity index (χ4v) is 2.48. The number of hydrogen-bond acceptors (Lipinski definition) is 2. The first-order valence-corrected chi connectivity index (χ1v) is 7.04. The maximum Gasteiger partial charge on any atom is 0.127 e. The number of aromatic nitrogens is 2. The highest BCUT2D eigenvalue weighted by molar-refractivity contribution is 9.10. The van der Waals surface area contributed by atoms with Crippen LogP contribution < -0.4 is 5.73 Å². The van der Waals surface area contributed by atoms with Crippen LogP contribution in [0.3, 0.4) is 0 Å². The molecule has 2 rings (SSSR count). The molecule has 0 aliphatic carbocycles. The monoisotopic (exact) mass is 325 g/mol. The van der Waals surface area contributed by atoms with E-state index < -0.39 is 0 Å². The molecule has 1 aromatic carbocycles. The molecule has 2 aromatic rings. The summed E-state index contributed by atoms with van der Waals surface area (Å²) in [5, 5.41) is 4.36. The maximum absolute atomic E-state index is 13.8. The third kappa shape index (κ3) is 3.22. The summed E-state index contributed by atoms with van der Waals surface area (Å²) in [6.45, 7) is 4.71. The van der Waals surface area contributed by atoms with Crippen molar-refractivity contribution in [1.82, 2.24) is 9.78 Å². The first kappa shape index (κ1) is 14.2. The lowest BCUT2D eigenvalue weighted by Gasteiger charge is -2.14. The van der Waals surface area contributed by atoms with Gasteiger partial charge in [0, 0.05) is 11.0 Å². The van der Waals surface area contributed by atoms with Crippen molar-refractivity contribution >= 4 is 15.9 Å². The van der Waals surface area contributed by atoms with Crippen molar-refractivity contribution in [3.63, 3.8) is 0 Å². The maximum atomic E-state index is 13.8. The van der Waals surface area contributed by atoms with Gasteiger partial charge in [0.1, 0.15) is 5.82 Å². The molecule has 102 valence electrons. The van der Waals surface area contributed by atoms with Crippen LogP contribution in [0.5, 0.6) is 0 Å². The van der Waals surface area contributed by atoms with Gasteiger partial charge in [-0.1, -0.05) is 22.0 Å². The first-order chi connectivity index (χ1) is 9.01. The van der Waals surface area contributed by atoms with Gasteiger partial charge in [0.25, 0.3) is 0 Å². The molecule has 0 aliphatic heterocycles. The van der Waals surface area contributed by atoms with Gasteiger partial charge in [-0.2, -0.15) is 5.10 Å². The van der Waals surface area contributed by atoms with E-state index in [0.29, 0.717) is 12.0 Å². The summed E-state index contributed by atoms with van der Waals surface area (Å²) in [5.74, 6) is -0.232. The fraction of sp³-hybridized carbons (Fsp3) is 0.357. The molecule has 0 saturated carbocycles. The van der Waals surface area contributed by atoms with Crippen LogP contribution in [0.1, 0.15) is 29.9 Å². The molecule has 0 fully saturated rings. The molecule has 3 nitrogen and oxygen atoms in total. The summed E-state index contributed by atoms with van der Waals surface area (Å²) in [6, 6.07) is 6.76. The van der Waals surface area contributed by atoms with Crippen LogP contribution in [0, 0.1) is 12.7 Å². The number of nitrogens with two attached hydrogens (primary N) is 1. The minimum Gasteiger partial charge on any atom is -0.322 e. The molecule has 5 heteroatoms. The number of hydrogen-bond donors (Lipinski definition) is 1. The van der Waals surface area contributed by atoms with Gasteiger partial charge in [0.15, 0.2) is 0 Å². The topological polar surface area (TPSA) is 43.8 Å². The molecule has 1 atom stereocenters. The molecule has 19 heavy (non-hydrogen) atoms. The van der Waals surface area contributed by atoms with E-state index in [1.54, 1.807) is 6.07 Å². The first-order valence-electron chi connectivity index (χ1n) is 6.25. The van der Waals surface area contributed by atoms with E-state index in [-0.39, 0.29) is 11.9 Å². The van der Waals surface area contributed by atoms with Crippen LogP contribution in [0.2, 0.25) is 0 Å². The third-order valence-electron chi connectivity index (χ3n) is 3.07. The normalized spacial score (nSPS) is 12.7. The molecule has 0 spiro atoms. The summed E-state index contributed by atoms with van der Waals surface area (Å²) in [7, 11) is 0. The van der Waals surface area contributed by atoms with Gasteiger partial charge in [-0.15, -0.1) is 0 Å². The van der Waals surface area contributed by atoms with E-state index in [1.165, 1.54) is 6.07 Å². The van der Waals surface area contributed by atoms with Crippen molar-refractivity contribution in [3.05, 3.63) is 51.5 Å². The van der Waals surface area contributed by atoms with Crippen LogP contribution in [0.15, 0.2) is 28.7 Å². The number of halogens is 2. The molecular formula is C14H17BrFN3. The average Bonchev–Trinajstić information content (AvgIpc) is 2.74. The second-order valence-electron chi connectivity index (χ2n) is 4.57. The van der Waals surface area contributed by atoms with E-state index in [2.05, 4.69) is 21.0 Å². The highest BCUT2D eigenvalue weighted by atomic mass is 79.9. The predicted octanol–water partition coefficient (Wildman–Crippen LogP) is 3.36. The van der Waals surface area contributed by atoms with Gasteiger partial charge in [-0.05, 0) is 44.0 Å². The highest BCUT2D eigenvalue weighted by Gasteiger charge is 2.15. The summed E-state index contributed by atoms with van der Waals surface area (Å²) in [5.41, 5.74) is 8.69. The predicted molar refractivity (Wildman–Crippen MR) is 77.4 cm³/mol. The Morgan fingerprint density at radius 2 is 2.16 bits per heavy atom. The second-order valence-corrected chi connectivity index (χ2v) is 5.49. The molecule has 0 bridgehead atoms. The Morgan fingerprint density at radius 1 is 1.42 bits per heavy atom. The smallest absolute Gasteiger partial charge is 0.127 e. The van der Waals surface area contributed by atoms with E-state index in [0.717, 1.165) is 22.4 Å². The molecule has 1 aromatic heterocycles. The number of benzene rings is 1. The zero-order valence-corrected chi connectivity index (χ0v) is 12.6. The summed E-state index contributed by atoms with van der Waals surface area (Å²) < 4.78 is 16.4. The van der Waals surface area contributed by atoms with Gasteiger partial charge in [0.05, 0.1) is 17.4 Å². The fourth-order valence-electron chi connectivity index (χ4n) is 2.15. The Kier molecular flexibility index (Phi) is 4.37. The molecular weight excluding hydrogens is 309 g/mol. The lowest BCUT2D eigenvalue weighted by molar-refractivity contribution is 0.549. The number of nitrogens with zero attached hydrogens (tertiary/aromatic N) is 2. The summed E-state index contributed by atoms with van der Waals surface area (Å²) in [4.78, 5) is 0. The van der Waals surface area contributed by atoms with Gasteiger partial charge in [-0.3, -0.25) is 4.68 Å². The minimum absolute atomic E-state index is 0.232. The van der Waals surface area contributed by atoms with Crippen LogP contribution in [0.25, 0.3) is 0 Å². The van der Waals surface area contributed by atoms with Crippen LogP contribution in [-0.4, -0.2) is 9.78 Å². The number of rotatable bonds is 4. The molecule has 2 N–H and O–H groups in total. The van der Waals surface area contributed by atoms with Gasteiger partial charge in [0.2, 0.25) is 0 Å². The van der Waals surface area contributed by atoms with E-state index in [1.807, 2.05) is 30.7 Å².